The van der Waals surface area contributed by atoms with E-state index in [1.165, 1.54) is 0 Å². The van der Waals surface area contributed by atoms with E-state index < -0.39 is 0 Å². The van der Waals surface area contributed by atoms with Gasteiger partial charge in [0.05, 0.1) is 11.1 Å². The van der Waals surface area contributed by atoms with Gasteiger partial charge in [0.1, 0.15) is 0 Å². The van der Waals surface area contributed by atoms with Crippen LogP contribution in [-0.4, -0.2) is 9.78 Å². The Balaban J connectivity index is 2.23. The highest BCUT2D eigenvalue weighted by atomic mass is 32.2. The van der Waals surface area contributed by atoms with Crippen molar-refractivity contribution in [2.75, 3.05) is 5.73 Å². The maximum atomic E-state index is 5.83. The summed E-state index contributed by atoms with van der Waals surface area (Å²) < 4.78 is 1.78. The quantitative estimate of drug-likeness (QED) is 0.764. The molecule has 0 aliphatic rings. The lowest BCUT2D eigenvalue weighted by Crippen LogP contribution is -1.86. The largest absolute Gasteiger partial charge is 0.398 e. The van der Waals surface area contributed by atoms with Gasteiger partial charge in [0, 0.05) is 23.8 Å². The number of hydrogen-bond donors (Lipinski definition) is 1. The van der Waals surface area contributed by atoms with Crippen molar-refractivity contribution in [2.45, 2.75) is 9.79 Å². The molecule has 0 unspecified atom stereocenters. The van der Waals surface area contributed by atoms with E-state index in [2.05, 4.69) is 5.10 Å². The van der Waals surface area contributed by atoms with Crippen LogP contribution in [0.15, 0.2) is 46.5 Å². The molecule has 0 atom stereocenters. The average Bonchev–Trinajstić information content (AvgIpc) is 2.56. The van der Waals surface area contributed by atoms with Crippen LogP contribution < -0.4 is 5.73 Å². The molecule has 0 aliphatic heterocycles. The SMILES string of the molecule is Cn1cc(Sc2ccccc2N)cn1. The van der Waals surface area contributed by atoms with Crippen molar-refractivity contribution in [3.8, 4) is 0 Å². The van der Waals surface area contributed by atoms with Crippen molar-refractivity contribution < 1.29 is 0 Å². The highest BCUT2D eigenvalue weighted by molar-refractivity contribution is 7.99. The van der Waals surface area contributed by atoms with Gasteiger partial charge in [-0.3, -0.25) is 4.68 Å². The Morgan fingerprint density at radius 2 is 2.14 bits per heavy atom. The van der Waals surface area contributed by atoms with Crippen molar-refractivity contribution in [1.29, 1.82) is 0 Å². The van der Waals surface area contributed by atoms with E-state index in [0.717, 1.165) is 15.5 Å². The predicted molar refractivity (Wildman–Crippen MR) is 58.2 cm³/mol. The monoisotopic (exact) mass is 205 g/mol. The van der Waals surface area contributed by atoms with E-state index in [0.29, 0.717) is 0 Å². The smallest absolute Gasteiger partial charge is 0.0629 e. The molecule has 0 amide bonds. The van der Waals surface area contributed by atoms with E-state index in [-0.39, 0.29) is 0 Å². The summed E-state index contributed by atoms with van der Waals surface area (Å²) in [6.07, 6.45) is 3.80. The van der Waals surface area contributed by atoms with Crippen LogP contribution >= 0.6 is 11.8 Å². The molecular weight excluding hydrogens is 194 g/mol. The van der Waals surface area contributed by atoms with Crippen LogP contribution in [0.2, 0.25) is 0 Å². The number of rotatable bonds is 2. The van der Waals surface area contributed by atoms with Gasteiger partial charge >= 0.3 is 0 Å². The molecule has 1 heterocycles. The molecule has 1 aromatic heterocycles. The first-order valence-electron chi connectivity index (χ1n) is 4.27. The maximum Gasteiger partial charge on any atom is 0.0629 e. The fourth-order valence-electron chi connectivity index (χ4n) is 1.15. The summed E-state index contributed by atoms with van der Waals surface area (Å²) in [6, 6.07) is 7.82. The van der Waals surface area contributed by atoms with Gasteiger partial charge in [-0.25, -0.2) is 0 Å². The molecule has 0 spiro atoms. The molecule has 1 aromatic carbocycles. The van der Waals surface area contributed by atoms with E-state index in [4.69, 9.17) is 5.73 Å². The van der Waals surface area contributed by atoms with Gasteiger partial charge in [-0.05, 0) is 12.1 Å². The summed E-state index contributed by atoms with van der Waals surface area (Å²) in [5, 5.41) is 4.10. The van der Waals surface area contributed by atoms with Gasteiger partial charge < -0.3 is 5.73 Å². The second kappa shape index (κ2) is 3.75. The fraction of sp³-hybridized carbons (Fsp3) is 0.100. The minimum absolute atomic E-state index is 0.807. The molecule has 3 nitrogen and oxygen atoms in total. The van der Waals surface area contributed by atoms with Crippen LogP contribution in [0.5, 0.6) is 0 Å². The van der Waals surface area contributed by atoms with Gasteiger partial charge in [-0.15, -0.1) is 0 Å². The normalized spacial score (nSPS) is 10.4. The summed E-state index contributed by atoms with van der Waals surface area (Å²) in [5.74, 6) is 0. The minimum atomic E-state index is 0.807. The lowest BCUT2D eigenvalue weighted by molar-refractivity contribution is 0.766. The molecule has 14 heavy (non-hydrogen) atoms. The molecule has 0 radical (unpaired) electrons. The summed E-state index contributed by atoms with van der Waals surface area (Å²) >= 11 is 1.63. The van der Waals surface area contributed by atoms with Crippen LogP contribution in [0.25, 0.3) is 0 Å². The zero-order valence-electron chi connectivity index (χ0n) is 7.84. The number of anilines is 1. The highest BCUT2D eigenvalue weighted by Crippen LogP contribution is 2.30. The molecular formula is C10H11N3S. The molecule has 0 saturated heterocycles. The molecule has 2 N–H and O–H groups in total. The topological polar surface area (TPSA) is 43.8 Å². The molecule has 0 saturated carbocycles. The van der Waals surface area contributed by atoms with Gasteiger partial charge in [-0.1, -0.05) is 23.9 Å². The predicted octanol–water partition coefficient (Wildman–Crippen LogP) is 2.15. The van der Waals surface area contributed by atoms with Crippen LogP contribution in [0.1, 0.15) is 0 Å². The second-order valence-corrected chi connectivity index (χ2v) is 4.10. The number of para-hydroxylation sites is 1. The lowest BCUT2D eigenvalue weighted by Gasteiger charge is -2.01. The van der Waals surface area contributed by atoms with Gasteiger partial charge in [0.25, 0.3) is 0 Å². The highest BCUT2D eigenvalue weighted by Gasteiger charge is 2.01. The van der Waals surface area contributed by atoms with E-state index >= 15 is 0 Å². The van der Waals surface area contributed by atoms with Gasteiger partial charge in [0.15, 0.2) is 0 Å². The molecule has 0 bridgehead atoms. The lowest BCUT2D eigenvalue weighted by atomic mass is 10.3. The summed E-state index contributed by atoms with van der Waals surface area (Å²) in [4.78, 5) is 2.17. The first-order valence-corrected chi connectivity index (χ1v) is 5.08. The number of hydrogen-bond acceptors (Lipinski definition) is 3. The van der Waals surface area contributed by atoms with Crippen molar-refractivity contribution in [1.82, 2.24) is 9.78 Å². The molecule has 0 fully saturated rings. The van der Waals surface area contributed by atoms with Crippen molar-refractivity contribution in [3.05, 3.63) is 36.7 Å². The third-order valence-corrected chi connectivity index (χ3v) is 2.87. The third-order valence-electron chi connectivity index (χ3n) is 1.83. The van der Waals surface area contributed by atoms with Gasteiger partial charge in [-0.2, -0.15) is 5.10 Å². The summed E-state index contributed by atoms with van der Waals surface area (Å²) in [6.45, 7) is 0. The number of aromatic nitrogens is 2. The van der Waals surface area contributed by atoms with E-state index in [9.17, 15) is 0 Å². The van der Waals surface area contributed by atoms with Crippen molar-refractivity contribution in [3.63, 3.8) is 0 Å². The Labute approximate surface area is 86.9 Å². The molecule has 72 valence electrons. The number of nitrogens with zero attached hydrogens (tertiary/aromatic N) is 2. The summed E-state index contributed by atoms with van der Waals surface area (Å²) in [7, 11) is 1.90. The van der Waals surface area contributed by atoms with E-state index in [1.54, 1.807) is 16.4 Å². The van der Waals surface area contributed by atoms with E-state index in [1.807, 2.05) is 43.7 Å². The Bertz CT molecular complexity index is 436. The average molecular weight is 205 g/mol. The van der Waals surface area contributed by atoms with Crippen LogP contribution in [0, 0.1) is 0 Å². The molecule has 2 aromatic rings. The molecule has 4 heteroatoms. The number of benzene rings is 1. The number of nitrogens with two attached hydrogens (primary N) is 1. The third kappa shape index (κ3) is 1.90. The maximum absolute atomic E-state index is 5.83. The van der Waals surface area contributed by atoms with Crippen molar-refractivity contribution >= 4 is 17.4 Å². The van der Waals surface area contributed by atoms with Crippen LogP contribution in [0.3, 0.4) is 0 Å². The van der Waals surface area contributed by atoms with Crippen LogP contribution in [-0.2, 0) is 7.05 Å². The minimum Gasteiger partial charge on any atom is -0.398 e. The zero-order valence-corrected chi connectivity index (χ0v) is 8.66. The number of aryl methyl sites for hydroxylation is 1. The first-order chi connectivity index (χ1) is 6.75. The summed E-state index contributed by atoms with van der Waals surface area (Å²) in [5.41, 5.74) is 6.63. The fourth-order valence-corrected chi connectivity index (χ4v) is 2.04. The Kier molecular flexibility index (Phi) is 2.45. The van der Waals surface area contributed by atoms with Crippen LogP contribution in [0.4, 0.5) is 5.69 Å². The first kappa shape index (κ1) is 9.15. The molecule has 2 rings (SSSR count). The number of nitrogen functional groups attached to an aromatic ring is 1. The Morgan fingerprint density at radius 1 is 1.36 bits per heavy atom. The standard InChI is InChI=1S/C10H11N3S/c1-13-7-8(6-12-13)14-10-5-3-2-4-9(10)11/h2-7H,11H2,1H3. The second-order valence-electron chi connectivity index (χ2n) is 2.99. The van der Waals surface area contributed by atoms with Gasteiger partial charge in [0.2, 0.25) is 0 Å². The zero-order chi connectivity index (χ0) is 9.97. The Hall–Kier alpha value is -1.42. The molecule has 0 aliphatic carbocycles. The van der Waals surface area contributed by atoms with Crippen molar-refractivity contribution in [2.24, 2.45) is 7.05 Å². The Morgan fingerprint density at radius 3 is 2.79 bits per heavy atom.